The van der Waals surface area contributed by atoms with E-state index in [9.17, 15) is 0 Å². The molecule has 0 aliphatic carbocycles. The quantitative estimate of drug-likeness (QED) is 0.385. The fraction of sp³-hybridized carbons (Fsp3) is 0. The Labute approximate surface area is 138 Å². The summed E-state index contributed by atoms with van der Waals surface area (Å²) in [4.78, 5) is 8.89. The Kier molecular flexibility index (Phi) is 3.17. The van der Waals surface area contributed by atoms with E-state index in [1.807, 2.05) is 36.4 Å². The monoisotopic (exact) mass is 374 g/mol. The van der Waals surface area contributed by atoms with E-state index in [1.54, 1.807) is 11.3 Å². The van der Waals surface area contributed by atoms with Gasteiger partial charge in [-0.15, -0.1) is 11.3 Å². The van der Waals surface area contributed by atoms with Crippen LogP contribution in [0.2, 0.25) is 5.28 Å². The zero-order valence-electron chi connectivity index (χ0n) is 10.7. The van der Waals surface area contributed by atoms with Gasteiger partial charge in [0.25, 0.3) is 0 Å². The summed E-state index contributed by atoms with van der Waals surface area (Å²) in [5, 5.41) is 1.40. The molecule has 0 unspecified atom stereocenters. The molecule has 2 aromatic heterocycles. The zero-order valence-corrected chi connectivity index (χ0v) is 13.8. The summed E-state index contributed by atoms with van der Waals surface area (Å²) in [6, 6.07) is 16.2. The van der Waals surface area contributed by atoms with Crippen molar-refractivity contribution < 1.29 is 0 Å². The highest BCUT2D eigenvalue weighted by atomic mass is 79.9. The van der Waals surface area contributed by atoms with Crippen LogP contribution in [-0.2, 0) is 0 Å². The Balaban J connectivity index is 2.17. The van der Waals surface area contributed by atoms with Crippen LogP contribution in [0.25, 0.3) is 31.6 Å². The summed E-state index contributed by atoms with van der Waals surface area (Å²) in [5.41, 5.74) is 2.82. The van der Waals surface area contributed by atoms with Gasteiger partial charge in [0, 0.05) is 20.1 Å². The van der Waals surface area contributed by atoms with Crippen LogP contribution in [0.3, 0.4) is 0 Å². The molecule has 0 spiro atoms. The molecular weight excluding hydrogens is 368 g/mol. The minimum atomic E-state index is 0.275. The molecule has 2 nitrogen and oxygen atoms in total. The molecule has 0 aliphatic heterocycles. The Hall–Kier alpha value is -1.49. The van der Waals surface area contributed by atoms with Gasteiger partial charge in [-0.25, -0.2) is 9.97 Å². The fourth-order valence-corrected chi connectivity index (χ4v) is 4.19. The minimum absolute atomic E-state index is 0.275. The van der Waals surface area contributed by atoms with Crippen molar-refractivity contribution in [1.82, 2.24) is 9.97 Å². The van der Waals surface area contributed by atoms with Crippen molar-refractivity contribution in [3.8, 4) is 11.3 Å². The van der Waals surface area contributed by atoms with Crippen LogP contribution < -0.4 is 0 Å². The number of halogens is 2. The Morgan fingerprint density at radius 1 is 0.952 bits per heavy atom. The zero-order chi connectivity index (χ0) is 14.4. The van der Waals surface area contributed by atoms with Gasteiger partial charge in [-0.05, 0) is 23.7 Å². The highest BCUT2D eigenvalue weighted by Gasteiger charge is 2.15. The maximum absolute atomic E-state index is 6.15. The highest BCUT2D eigenvalue weighted by Crippen LogP contribution is 2.40. The number of thiophene rings is 1. The second-order valence-electron chi connectivity index (χ2n) is 4.60. The molecule has 0 radical (unpaired) electrons. The first-order valence-corrected chi connectivity index (χ1v) is 8.32. The van der Waals surface area contributed by atoms with Crippen molar-refractivity contribution in [2.75, 3.05) is 0 Å². The molecule has 0 amide bonds. The van der Waals surface area contributed by atoms with Crippen LogP contribution in [0.5, 0.6) is 0 Å². The molecule has 0 saturated carbocycles. The standard InChI is InChI=1S/C16H8BrClN2S/c17-11-7-3-1-5-9(11)13-15-14(20-16(18)19-13)10-6-2-4-8-12(10)21-15/h1-8H. The first-order chi connectivity index (χ1) is 10.2. The highest BCUT2D eigenvalue weighted by molar-refractivity contribution is 9.10. The molecular formula is C16H8BrClN2S. The maximum atomic E-state index is 6.15. The van der Waals surface area contributed by atoms with Gasteiger partial charge in [0.05, 0.1) is 15.9 Å². The van der Waals surface area contributed by atoms with E-state index in [2.05, 4.69) is 38.0 Å². The lowest BCUT2D eigenvalue weighted by Gasteiger charge is -2.05. The molecule has 2 heterocycles. The Morgan fingerprint density at radius 2 is 1.71 bits per heavy atom. The predicted octanol–water partition coefficient (Wildman–Crippen LogP) is 5.93. The molecule has 2 aromatic carbocycles. The number of nitrogens with zero attached hydrogens (tertiary/aromatic N) is 2. The molecule has 0 saturated heterocycles. The number of aromatic nitrogens is 2. The van der Waals surface area contributed by atoms with Gasteiger partial charge >= 0.3 is 0 Å². The number of rotatable bonds is 1. The van der Waals surface area contributed by atoms with Gasteiger partial charge in [0.2, 0.25) is 5.28 Å². The van der Waals surface area contributed by atoms with Crippen molar-refractivity contribution in [1.29, 1.82) is 0 Å². The predicted molar refractivity (Wildman–Crippen MR) is 93.1 cm³/mol. The first kappa shape index (κ1) is 13.2. The topological polar surface area (TPSA) is 25.8 Å². The van der Waals surface area contributed by atoms with Crippen molar-refractivity contribution in [3.63, 3.8) is 0 Å². The third kappa shape index (κ3) is 2.14. The van der Waals surface area contributed by atoms with E-state index in [0.717, 1.165) is 31.3 Å². The number of benzene rings is 2. The van der Waals surface area contributed by atoms with Gasteiger partial charge in [0.1, 0.15) is 0 Å². The lowest BCUT2D eigenvalue weighted by Crippen LogP contribution is -1.89. The van der Waals surface area contributed by atoms with E-state index in [1.165, 1.54) is 4.70 Å². The number of fused-ring (bicyclic) bond motifs is 3. The molecule has 0 N–H and O–H groups in total. The van der Waals surface area contributed by atoms with Crippen molar-refractivity contribution in [3.05, 3.63) is 58.3 Å². The third-order valence-corrected chi connectivity index (χ3v) is 5.35. The molecule has 102 valence electrons. The van der Waals surface area contributed by atoms with Crippen molar-refractivity contribution >= 4 is 59.2 Å². The summed E-state index contributed by atoms with van der Waals surface area (Å²) < 4.78 is 3.25. The van der Waals surface area contributed by atoms with Gasteiger partial charge in [-0.2, -0.15) is 0 Å². The molecule has 5 heteroatoms. The normalized spacial score (nSPS) is 11.3. The van der Waals surface area contributed by atoms with Crippen LogP contribution in [0.1, 0.15) is 0 Å². The van der Waals surface area contributed by atoms with Gasteiger partial charge in [-0.3, -0.25) is 0 Å². The lowest BCUT2D eigenvalue weighted by molar-refractivity contribution is 1.23. The average molecular weight is 376 g/mol. The van der Waals surface area contributed by atoms with Gasteiger partial charge < -0.3 is 0 Å². The smallest absolute Gasteiger partial charge is 0.216 e. The lowest BCUT2D eigenvalue weighted by atomic mass is 10.1. The summed E-state index contributed by atoms with van der Waals surface area (Å²) in [6.07, 6.45) is 0. The second kappa shape index (κ2) is 5.05. The molecule has 0 bridgehead atoms. The van der Waals surface area contributed by atoms with E-state index < -0.39 is 0 Å². The van der Waals surface area contributed by atoms with Crippen LogP contribution in [0.4, 0.5) is 0 Å². The number of hydrogen-bond acceptors (Lipinski definition) is 3. The number of hydrogen-bond donors (Lipinski definition) is 0. The van der Waals surface area contributed by atoms with Gasteiger partial charge in [0.15, 0.2) is 0 Å². The second-order valence-corrected chi connectivity index (χ2v) is 6.84. The first-order valence-electron chi connectivity index (χ1n) is 6.34. The summed E-state index contributed by atoms with van der Waals surface area (Å²) >= 11 is 11.4. The minimum Gasteiger partial charge on any atom is -0.216 e. The maximum Gasteiger partial charge on any atom is 0.223 e. The van der Waals surface area contributed by atoms with E-state index >= 15 is 0 Å². The van der Waals surface area contributed by atoms with Gasteiger partial charge in [-0.1, -0.05) is 52.3 Å². The van der Waals surface area contributed by atoms with E-state index in [4.69, 9.17) is 11.6 Å². The molecule has 21 heavy (non-hydrogen) atoms. The largest absolute Gasteiger partial charge is 0.223 e. The summed E-state index contributed by atoms with van der Waals surface area (Å²) in [7, 11) is 0. The van der Waals surface area contributed by atoms with Crippen LogP contribution in [0.15, 0.2) is 53.0 Å². The molecule has 0 fully saturated rings. The summed E-state index contributed by atoms with van der Waals surface area (Å²) in [6.45, 7) is 0. The van der Waals surface area contributed by atoms with Crippen molar-refractivity contribution in [2.45, 2.75) is 0 Å². The van der Waals surface area contributed by atoms with Crippen LogP contribution in [0, 0.1) is 0 Å². The Bertz CT molecular complexity index is 981. The molecule has 4 aromatic rings. The van der Waals surface area contributed by atoms with Crippen molar-refractivity contribution in [2.24, 2.45) is 0 Å². The molecule has 4 rings (SSSR count). The molecule has 0 atom stereocenters. The SMILES string of the molecule is Clc1nc(-c2ccccc2Br)c2sc3ccccc3c2n1. The van der Waals surface area contributed by atoms with E-state index in [-0.39, 0.29) is 5.28 Å². The van der Waals surface area contributed by atoms with Crippen LogP contribution >= 0.6 is 38.9 Å². The molecule has 0 aliphatic rings. The van der Waals surface area contributed by atoms with E-state index in [0.29, 0.717) is 0 Å². The Morgan fingerprint density at radius 3 is 2.57 bits per heavy atom. The van der Waals surface area contributed by atoms with Crippen LogP contribution in [-0.4, -0.2) is 9.97 Å². The summed E-state index contributed by atoms with van der Waals surface area (Å²) in [5.74, 6) is 0. The average Bonchev–Trinajstić information content (AvgIpc) is 2.86. The third-order valence-electron chi connectivity index (χ3n) is 3.32. The fourth-order valence-electron chi connectivity index (χ4n) is 2.40.